The Labute approximate surface area is 112 Å². The van der Waals surface area contributed by atoms with Crippen LogP contribution in [-0.4, -0.2) is 34.5 Å². The Morgan fingerprint density at radius 1 is 1.37 bits per heavy atom. The SMILES string of the molecule is NC(CC(=O)N1CCC[C@H]1C(=O)O)c1ccccc1. The molecule has 0 aliphatic carbocycles. The number of carboxylic acids is 1. The molecule has 5 heteroatoms. The Morgan fingerprint density at radius 2 is 2.05 bits per heavy atom. The Morgan fingerprint density at radius 3 is 2.68 bits per heavy atom. The first-order valence-corrected chi connectivity index (χ1v) is 6.42. The molecule has 1 aliphatic heterocycles. The van der Waals surface area contributed by atoms with Gasteiger partial charge in [0.15, 0.2) is 0 Å². The van der Waals surface area contributed by atoms with Crippen LogP contribution < -0.4 is 5.73 Å². The van der Waals surface area contributed by atoms with Gasteiger partial charge in [0.2, 0.25) is 5.91 Å². The number of carbonyl (C=O) groups excluding carboxylic acids is 1. The van der Waals surface area contributed by atoms with Crippen LogP contribution in [0.15, 0.2) is 30.3 Å². The molecule has 2 atom stereocenters. The van der Waals surface area contributed by atoms with Gasteiger partial charge >= 0.3 is 5.97 Å². The second-order valence-electron chi connectivity index (χ2n) is 4.80. The van der Waals surface area contributed by atoms with Gasteiger partial charge < -0.3 is 15.7 Å². The van der Waals surface area contributed by atoms with E-state index in [2.05, 4.69) is 0 Å². The van der Waals surface area contributed by atoms with Crippen molar-refractivity contribution in [1.82, 2.24) is 4.90 Å². The molecule has 1 amide bonds. The van der Waals surface area contributed by atoms with E-state index in [-0.39, 0.29) is 18.4 Å². The van der Waals surface area contributed by atoms with Crippen LogP contribution in [0.5, 0.6) is 0 Å². The lowest BCUT2D eigenvalue weighted by Crippen LogP contribution is -2.41. The molecular weight excluding hydrogens is 244 g/mol. The third-order valence-electron chi connectivity index (χ3n) is 3.48. The van der Waals surface area contributed by atoms with Gasteiger partial charge in [0.1, 0.15) is 6.04 Å². The number of nitrogens with zero attached hydrogens (tertiary/aromatic N) is 1. The second kappa shape index (κ2) is 5.84. The van der Waals surface area contributed by atoms with E-state index in [1.54, 1.807) is 0 Å². The summed E-state index contributed by atoms with van der Waals surface area (Å²) < 4.78 is 0. The molecule has 0 saturated carbocycles. The monoisotopic (exact) mass is 262 g/mol. The standard InChI is InChI=1S/C14H18N2O3/c15-11(10-5-2-1-3-6-10)9-13(17)16-8-4-7-12(16)14(18)19/h1-3,5-6,11-12H,4,7-9,15H2,(H,18,19)/t11?,12-/m0/s1. The van der Waals surface area contributed by atoms with E-state index in [0.29, 0.717) is 13.0 Å². The molecule has 102 valence electrons. The summed E-state index contributed by atoms with van der Waals surface area (Å²) in [7, 11) is 0. The van der Waals surface area contributed by atoms with Crippen molar-refractivity contribution >= 4 is 11.9 Å². The first-order valence-electron chi connectivity index (χ1n) is 6.42. The number of carbonyl (C=O) groups is 2. The fraction of sp³-hybridized carbons (Fsp3) is 0.429. The van der Waals surface area contributed by atoms with Crippen molar-refractivity contribution in [2.24, 2.45) is 5.73 Å². The zero-order valence-corrected chi connectivity index (χ0v) is 10.7. The molecule has 1 saturated heterocycles. The smallest absolute Gasteiger partial charge is 0.326 e. The van der Waals surface area contributed by atoms with Crippen molar-refractivity contribution in [3.05, 3.63) is 35.9 Å². The van der Waals surface area contributed by atoms with Gasteiger partial charge in [0.25, 0.3) is 0 Å². The molecular formula is C14H18N2O3. The van der Waals surface area contributed by atoms with Crippen LogP contribution in [0, 0.1) is 0 Å². The number of rotatable bonds is 4. The molecule has 3 N–H and O–H groups in total. The summed E-state index contributed by atoms with van der Waals surface area (Å²) in [5, 5.41) is 9.06. The summed E-state index contributed by atoms with van der Waals surface area (Å²) in [5.74, 6) is -1.11. The maximum absolute atomic E-state index is 12.1. The maximum atomic E-state index is 12.1. The molecule has 0 radical (unpaired) electrons. The summed E-state index contributed by atoms with van der Waals surface area (Å²) in [6.45, 7) is 0.511. The highest BCUT2D eigenvalue weighted by Gasteiger charge is 2.34. The van der Waals surface area contributed by atoms with E-state index in [4.69, 9.17) is 10.8 Å². The minimum atomic E-state index is -0.931. The fourth-order valence-electron chi connectivity index (χ4n) is 2.45. The van der Waals surface area contributed by atoms with Gasteiger partial charge in [-0.2, -0.15) is 0 Å². The maximum Gasteiger partial charge on any atom is 0.326 e. The van der Waals surface area contributed by atoms with Gasteiger partial charge in [-0.05, 0) is 18.4 Å². The molecule has 1 aromatic carbocycles. The number of hydrogen-bond acceptors (Lipinski definition) is 3. The summed E-state index contributed by atoms with van der Waals surface area (Å²) in [4.78, 5) is 24.6. The quantitative estimate of drug-likeness (QED) is 0.852. The molecule has 1 fully saturated rings. The van der Waals surface area contributed by atoms with Gasteiger partial charge in [-0.1, -0.05) is 30.3 Å². The van der Waals surface area contributed by atoms with Gasteiger partial charge in [0, 0.05) is 19.0 Å². The normalized spacial score (nSPS) is 20.3. The predicted octanol–water partition coefficient (Wildman–Crippen LogP) is 1.15. The number of aliphatic carboxylic acids is 1. The Balaban J connectivity index is 1.99. The molecule has 5 nitrogen and oxygen atoms in total. The molecule has 0 bridgehead atoms. The Hall–Kier alpha value is -1.88. The van der Waals surface area contributed by atoms with Crippen molar-refractivity contribution in [3.8, 4) is 0 Å². The van der Waals surface area contributed by atoms with Crippen molar-refractivity contribution in [3.63, 3.8) is 0 Å². The van der Waals surface area contributed by atoms with E-state index < -0.39 is 12.0 Å². The number of amides is 1. The average molecular weight is 262 g/mol. The molecule has 0 spiro atoms. The molecule has 2 rings (SSSR count). The first-order chi connectivity index (χ1) is 9.09. The van der Waals surface area contributed by atoms with Crippen LogP contribution >= 0.6 is 0 Å². The summed E-state index contributed by atoms with van der Waals surface area (Å²) >= 11 is 0. The van der Waals surface area contributed by atoms with E-state index >= 15 is 0 Å². The first kappa shape index (κ1) is 13.5. The van der Waals surface area contributed by atoms with Gasteiger partial charge in [0.05, 0.1) is 0 Å². The number of carboxylic acid groups (broad SMARTS) is 1. The Kier molecular flexibility index (Phi) is 4.16. The van der Waals surface area contributed by atoms with E-state index in [1.807, 2.05) is 30.3 Å². The number of hydrogen-bond donors (Lipinski definition) is 2. The van der Waals surface area contributed by atoms with Crippen molar-refractivity contribution in [1.29, 1.82) is 0 Å². The molecule has 1 aliphatic rings. The highest BCUT2D eigenvalue weighted by atomic mass is 16.4. The van der Waals surface area contributed by atoms with Crippen LogP contribution in [0.25, 0.3) is 0 Å². The zero-order chi connectivity index (χ0) is 13.8. The third-order valence-corrected chi connectivity index (χ3v) is 3.48. The van der Waals surface area contributed by atoms with Crippen LogP contribution in [0.1, 0.15) is 30.9 Å². The van der Waals surface area contributed by atoms with Gasteiger partial charge in [-0.25, -0.2) is 4.79 Å². The largest absolute Gasteiger partial charge is 0.480 e. The minimum absolute atomic E-state index is 0.147. The lowest BCUT2D eigenvalue weighted by atomic mass is 10.0. The number of nitrogens with two attached hydrogens (primary N) is 1. The molecule has 19 heavy (non-hydrogen) atoms. The van der Waals surface area contributed by atoms with Crippen LogP contribution in [0.2, 0.25) is 0 Å². The summed E-state index contributed by atoms with van der Waals surface area (Å²) in [5.41, 5.74) is 6.88. The van der Waals surface area contributed by atoms with E-state index in [1.165, 1.54) is 4.90 Å². The average Bonchev–Trinajstić information content (AvgIpc) is 2.89. The second-order valence-corrected chi connectivity index (χ2v) is 4.80. The molecule has 1 unspecified atom stereocenters. The Bertz CT molecular complexity index is 461. The van der Waals surface area contributed by atoms with Gasteiger partial charge in [-0.3, -0.25) is 4.79 Å². The van der Waals surface area contributed by atoms with Crippen LogP contribution in [0.4, 0.5) is 0 Å². The van der Waals surface area contributed by atoms with E-state index in [0.717, 1.165) is 12.0 Å². The molecule has 1 heterocycles. The predicted molar refractivity (Wildman–Crippen MR) is 70.4 cm³/mol. The van der Waals surface area contributed by atoms with Crippen molar-refractivity contribution in [2.45, 2.75) is 31.3 Å². The molecule has 1 aromatic rings. The number of benzene rings is 1. The zero-order valence-electron chi connectivity index (χ0n) is 10.7. The molecule has 0 aromatic heterocycles. The lowest BCUT2D eigenvalue weighted by Gasteiger charge is -2.23. The van der Waals surface area contributed by atoms with Crippen molar-refractivity contribution in [2.75, 3.05) is 6.54 Å². The van der Waals surface area contributed by atoms with E-state index in [9.17, 15) is 9.59 Å². The van der Waals surface area contributed by atoms with Crippen LogP contribution in [0.3, 0.4) is 0 Å². The van der Waals surface area contributed by atoms with Gasteiger partial charge in [-0.15, -0.1) is 0 Å². The van der Waals surface area contributed by atoms with Crippen LogP contribution in [-0.2, 0) is 9.59 Å². The minimum Gasteiger partial charge on any atom is -0.480 e. The highest BCUT2D eigenvalue weighted by molar-refractivity contribution is 5.84. The fourth-order valence-corrected chi connectivity index (χ4v) is 2.45. The third kappa shape index (κ3) is 3.12. The topological polar surface area (TPSA) is 83.6 Å². The summed E-state index contributed by atoms with van der Waals surface area (Å²) in [6.07, 6.45) is 1.42. The summed E-state index contributed by atoms with van der Waals surface area (Å²) in [6, 6.07) is 8.30. The highest BCUT2D eigenvalue weighted by Crippen LogP contribution is 2.21. The van der Waals surface area contributed by atoms with Crippen molar-refractivity contribution < 1.29 is 14.7 Å². The number of likely N-dealkylation sites (tertiary alicyclic amines) is 1. The lowest BCUT2D eigenvalue weighted by molar-refractivity contribution is -0.148.